The Hall–Kier alpha value is -3.68. The van der Waals surface area contributed by atoms with Crippen molar-refractivity contribution >= 4 is 29.3 Å². The lowest BCUT2D eigenvalue weighted by atomic mass is 10.1. The summed E-state index contributed by atoms with van der Waals surface area (Å²) >= 11 is 0. The van der Waals surface area contributed by atoms with Gasteiger partial charge in [-0.05, 0) is 43.3 Å². The highest BCUT2D eigenvalue weighted by molar-refractivity contribution is 6.21. The summed E-state index contributed by atoms with van der Waals surface area (Å²) in [6, 6.07) is 13.5. The fourth-order valence-corrected chi connectivity index (χ4v) is 3.90. The Kier molecular flexibility index (Phi) is 5.70. The van der Waals surface area contributed by atoms with Crippen LogP contribution < -0.4 is 15.0 Å². The minimum Gasteiger partial charge on any atom is -0.494 e. The Morgan fingerprint density at radius 2 is 1.68 bits per heavy atom. The summed E-state index contributed by atoms with van der Waals surface area (Å²) in [6.07, 6.45) is 0.186. The molecular formula is C23H23N3O5. The van der Waals surface area contributed by atoms with Gasteiger partial charge in [0.1, 0.15) is 5.75 Å². The van der Waals surface area contributed by atoms with Crippen LogP contribution in [0, 0.1) is 0 Å². The van der Waals surface area contributed by atoms with Crippen molar-refractivity contribution in [1.29, 1.82) is 0 Å². The van der Waals surface area contributed by atoms with E-state index in [0.29, 0.717) is 24.3 Å². The van der Waals surface area contributed by atoms with E-state index in [9.17, 15) is 19.2 Å². The highest BCUT2D eigenvalue weighted by atomic mass is 16.5. The van der Waals surface area contributed by atoms with Gasteiger partial charge in [-0.2, -0.15) is 0 Å². The van der Waals surface area contributed by atoms with Gasteiger partial charge in [-0.1, -0.05) is 12.1 Å². The van der Waals surface area contributed by atoms with E-state index in [1.165, 1.54) is 0 Å². The number of carbonyl (C=O) groups excluding carboxylic acids is 4. The lowest BCUT2D eigenvalue weighted by Crippen LogP contribution is -2.39. The van der Waals surface area contributed by atoms with Crippen molar-refractivity contribution in [1.82, 2.24) is 10.2 Å². The average Bonchev–Trinajstić information content (AvgIpc) is 3.24. The van der Waals surface area contributed by atoms with E-state index < -0.39 is 0 Å². The normalized spacial score (nSPS) is 17.8. The molecule has 8 heteroatoms. The molecule has 31 heavy (non-hydrogen) atoms. The lowest BCUT2D eigenvalue weighted by molar-refractivity contribution is -0.121. The van der Waals surface area contributed by atoms with Crippen LogP contribution in [0.25, 0.3) is 0 Å². The molecule has 0 spiro atoms. The Labute approximate surface area is 179 Å². The number of nitrogens with one attached hydrogen (secondary N) is 1. The van der Waals surface area contributed by atoms with Crippen molar-refractivity contribution in [3.05, 3.63) is 59.7 Å². The van der Waals surface area contributed by atoms with Gasteiger partial charge in [-0.3, -0.25) is 24.1 Å². The summed E-state index contributed by atoms with van der Waals surface area (Å²) in [5, 5.41) is 2.84. The fraction of sp³-hybridized carbons (Fsp3) is 0.304. The van der Waals surface area contributed by atoms with Gasteiger partial charge in [-0.25, -0.2) is 0 Å². The molecule has 0 radical (unpaired) electrons. The third-order valence-electron chi connectivity index (χ3n) is 5.39. The minimum atomic E-state index is -0.383. The van der Waals surface area contributed by atoms with Crippen LogP contribution in [-0.4, -0.2) is 54.3 Å². The summed E-state index contributed by atoms with van der Waals surface area (Å²) in [4.78, 5) is 52.3. The van der Waals surface area contributed by atoms with Gasteiger partial charge in [0, 0.05) is 31.6 Å². The zero-order valence-electron chi connectivity index (χ0n) is 17.2. The summed E-state index contributed by atoms with van der Waals surface area (Å²) in [6.45, 7) is 2.84. The molecule has 1 atom stereocenters. The predicted molar refractivity (Wildman–Crippen MR) is 113 cm³/mol. The lowest BCUT2D eigenvalue weighted by Gasteiger charge is -2.18. The fourth-order valence-electron chi connectivity index (χ4n) is 3.90. The largest absolute Gasteiger partial charge is 0.494 e. The number of rotatable bonds is 7. The molecule has 0 bridgehead atoms. The van der Waals surface area contributed by atoms with Crippen LogP contribution in [-0.2, 0) is 9.59 Å². The van der Waals surface area contributed by atoms with E-state index in [0.717, 1.165) is 16.3 Å². The number of benzene rings is 2. The van der Waals surface area contributed by atoms with Crippen molar-refractivity contribution in [3.63, 3.8) is 0 Å². The Morgan fingerprint density at radius 1 is 1.03 bits per heavy atom. The third kappa shape index (κ3) is 4.14. The van der Waals surface area contributed by atoms with E-state index in [1.807, 2.05) is 19.1 Å². The highest BCUT2D eigenvalue weighted by Crippen LogP contribution is 2.25. The maximum atomic E-state index is 12.4. The SMILES string of the molecule is CCOc1ccc(N2CC(NC(=O)CCN3C(=O)c4ccccc4C3=O)CC2=O)cc1. The second kappa shape index (κ2) is 8.59. The van der Waals surface area contributed by atoms with E-state index in [4.69, 9.17) is 4.74 Å². The maximum absolute atomic E-state index is 12.4. The monoisotopic (exact) mass is 421 g/mol. The first-order valence-electron chi connectivity index (χ1n) is 10.3. The molecule has 0 aromatic heterocycles. The van der Waals surface area contributed by atoms with Crippen molar-refractivity contribution in [2.45, 2.75) is 25.8 Å². The second-order valence-electron chi connectivity index (χ2n) is 7.46. The number of imide groups is 1. The molecule has 1 N–H and O–H groups in total. The average molecular weight is 421 g/mol. The summed E-state index contributed by atoms with van der Waals surface area (Å²) in [5.41, 5.74) is 1.47. The maximum Gasteiger partial charge on any atom is 0.261 e. The molecule has 8 nitrogen and oxygen atoms in total. The number of fused-ring (bicyclic) bond motifs is 1. The van der Waals surface area contributed by atoms with Crippen molar-refractivity contribution in [2.24, 2.45) is 0 Å². The molecule has 2 aliphatic heterocycles. The molecule has 0 aliphatic carbocycles. The Morgan fingerprint density at radius 3 is 2.29 bits per heavy atom. The van der Waals surface area contributed by atoms with Gasteiger partial charge in [-0.15, -0.1) is 0 Å². The van der Waals surface area contributed by atoms with Crippen LogP contribution in [0.5, 0.6) is 5.75 Å². The first kappa shape index (κ1) is 20.6. The van der Waals surface area contributed by atoms with Crippen molar-refractivity contribution in [2.75, 3.05) is 24.6 Å². The molecule has 2 heterocycles. The Balaban J connectivity index is 1.30. The number of carbonyl (C=O) groups is 4. The number of ether oxygens (including phenoxy) is 1. The number of anilines is 1. The van der Waals surface area contributed by atoms with Gasteiger partial charge in [0.15, 0.2) is 0 Å². The number of nitrogens with zero attached hydrogens (tertiary/aromatic N) is 2. The van der Waals surface area contributed by atoms with Gasteiger partial charge in [0.25, 0.3) is 11.8 Å². The summed E-state index contributed by atoms with van der Waals surface area (Å²) in [7, 11) is 0. The van der Waals surface area contributed by atoms with Crippen molar-refractivity contribution < 1.29 is 23.9 Å². The number of hydrogen-bond acceptors (Lipinski definition) is 5. The van der Waals surface area contributed by atoms with Crippen LogP contribution >= 0.6 is 0 Å². The van der Waals surface area contributed by atoms with Crippen LogP contribution in [0.2, 0.25) is 0 Å². The Bertz CT molecular complexity index is 999. The van der Waals surface area contributed by atoms with E-state index in [2.05, 4.69) is 5.32 Å². The van der Waals surface area contributed by atoms with Gasteiger partial charge < -0.3 is 15.0 Å². The smallest absolute Gasteiger partial charge is 0.261 e. The summed E-state index contributed by atoms with van der Waals surface area (Å²) in [5.74, 6) is -0.411. The molecule has 1 fully saturated rings. The first-order valence-corrected chi connectivity index (χ1v) is 10.3. The van der Waals surface area contributed by atoms with Crippen LogP contribution in [0.1, 0.15) is 40.5 Å². The number of amides is 4. The number of hydrogen-bond donors (Lipinski definition) is 1. The topological polar surface area (TPSA) is 96.0 Å². The molecule has 1 unspecified atom stereocenters. The van der Waals surface area contributed by atoms with Crippen LogP contribution in [0.15, 0.2) is 48.5 Å². The van der Waals surface area contributed by atoms with Crippen molar-refractivity contribution in [3.8, 4) is 5.75 Å². The molecule has 1 saturated heterocycles. The molecule has 4 rings (SSSR count). The molecule has 2 aromatic carbocycles. The first-order chi connectivity index (χ1) is 15.0. The zero-order chi connectivity index (χ0) is 22.0. The van der Waals surface area contributed by atoms with Gasteiger partial charge >= 0.3 is 0 Å². The minimum absolute atomic E-state index is 0.00144. The quantitative estimate of drug-likeness (QED) is 0.690. The molecule has 0 saturated carbocycles. The van der Waals surface area contributed by atoms with Gasteiger partial charge in [0.05, 0.1) is 23.8 Å². The predicted octanol–water partition coefficient (Wildman–Crippen LogP) is 1.99. The molecular weight excluding hydrogens is 398 g/mol. The molecule has 160 valence electrons. The molecule has 2 aromatic rings. The molecule has 2 aliphatic rings. The summed E-state index contributed by atoms with van der Waals surface area (Å²) < 4.78 is 5.42. The molecule has 4 amide bonds. The standard InChI is InChI=1S/C23H23N3O5/c1-2-31-17-9-7-16(8-10-17)26-14-15(13-21(26)28)24-20(27)11-12-25-22(29)18-5-3-4-6-19(18)23(25)30/h3-10,15H,2,11-14H2,1H3,(H,24,27). The second-order valence-corrected chi connectivity index (χ2v) is 7.46. The zero-order valence-corrected chi connectivity index (χ0v) is 17.2. The third-order valence-corrected chi connectivity index (χ3v) is 5.39. The van der Waals surface area contributed by atoms with Crippen LogP contribution in [0.3, 0.4) is 0 Å². The van der Waals surface area contributed by atoms with E-state index in [-0.39, 0.29) is 49.1 Å². The van der Waals surface area contributed by atoms with E-state index >= 15 is 0 Å². The highest BCUT2D eigenvalue weighted by Gasteiger charge is 2.36. The van der Waals surface area contributed by atoms with E-state index in [1.54, 1.807) is 41.3 Å². The van der Waals surface area contributed by atoms with Crippen LogP contribution in [0.4, 0.5) is 5.69 Å². The van der Waals surface area contributed by atoms with Gasteiger partial charge in [0.2, 0.25) is 11.8 Å².